The molecule has 0 aliphatic heterocycles. The maximum Gasteiger partial charge on any atom is 0.242 e. The van der Waals surface area contributed by atoms with E-state index in [0.717, 1.165) is 36.8 Å². The summed E-state index contributed by atoms with van der Waals surface area (Å²) < 4.78 is 0. The summed E-state index contributed by atoms with van der Waals surface area (Å²) in [5.74, 6) is 0.486. The molecule has 1 aliphatic carbocycles. The molecule has 172 valence electrons. The van der Waals surface area contributed by atoms with Gasteiger partial charge in [0.25, 0.3) is 0 Å². The molecule has 8 heteroatoms. The fourth-order valence-corrected chi connectivity index (χ4v) is 5.66. The van der Waals surface area contributed by atoms with E-state index in [1.54, 1.807) is 36.1 Å². The quantitative estimate of drug-likeness (QED) is 0.425. The second kappa shape index (κ2) is 12.2. The first kappa shape index (κ1) is 25.2. The van der Waals surface area contributed by atoms with Crippen LogP contribution in [0.15, 0.2) is 42.5 Å². The van der Waals surface area contributed by atoms with Crippen molar-refractivity contribution < 1.29 is 9.59 Å². The summed E-state index contributed by atoms with van der Waals surface area (Å²) in [5.41, 5.74) is 1.69. The van der Waals surface area contributed by atoms with E-state index in [1.165, 1.54) is 11.8 Å². The molecule has 0 bridgehead atoms. The number of carbonyl (C=O) groups is 2. The third-order valence-electron chi connectivity index (χ3n) is 5.64. The third-order valence-corrected chi connectivity index (χ3v) is 7.53. The van der Waals surface area contributed by atoms with Gasteiger partial charge in [-0.3, -0.25) is 9.59 Å². The Morgan fingerprint density at radius 3 is 2.41 bits per heavy atom. The summed E-state index contributed by atoms with van der Waals surface area (Å²) in [7, 11) is 0. The van der Waals surface area contributed by atoms with Gasteiger partial charge in [0.2, 0.25) is 11.8 Å². The molecular weight excluding hydrogens is 487 g/mol. The minimum absolute atomic E-state index is 0.118. The third kappa shape index (κ3) is 7.05. The van der Waals surface area contributed by atoms with Gasteiger partial charge in [-0.05, 0) is 55.2 Å². The Morgan fingerprint density at radius 2 is 1.75 bits per heavy atom. The number of nitrogens with one attached hydrogen (secondary N) is 1. The molecule has 2 amide bonds. The first-order valence-corrected chi connectivity index (χ1v) is 13.0. The van der Waals surface area contributed by atoms with Crippen LogP contribution in [0.5, 0.6) is 0 Å². The highest BCUT2D eigenvalue weighted by molar-refractivity contribution is 7.99. The van der Waals surface area contributed by atoms with Gasteiger partial charge in [-0.2, -0.15) is 0 Å². The lowest BCUT2D eigenvalue weighted by Gasteiger charge is -2.29. The summed E-state index contributed by atoms with van der Waals surface area (Å²) in [6.45, 7) is 2.09. The Morgan fingerprint density at radius 1 is 1.09 bits per heavy atom. The molecule has 1 fully saturated rings. The van der Waals surface area contributed by atoms with Gasteiger partial charge >= 0.3 is 0 Å². The Bertz CT molecular complexity index is 930. The average molecular weight is 514 g/mol. The summed E-state index contributed by atoms with van der Waals surface area (Å²) >= 11 is 20.0. The van der Waals surface area contributed by atoms with Crippen LogP contribution in [-0.4, -0.2) is 34.6 Å². The number of nitrogens with zero attached hydrogens (tertiary/aromatic N) is 1. The van der Waals surface area contributed by atoms with E-state index in [2.05, 4.69) is 5.32 Å². The number of halogens is 3. The molecule has 1 N–H and O–H groups in total. The van der Waals surface area contributed by atoms with Gasteiger partial charge in [0.15, 0.2) is 0 Å². The zero-order chi connectivity index (χ0) is 23.1. The number of thioether (sulfide) groups is 1. The van der Waals surface area contributed by atoms with E-state index in [9.17, 15) is 9.59 Å². The van der Waals surface area contributed by atoms with E-state index in [0.29, 0.717) is 27.4 Å². The van der Waals surface area contributed by atoms with Crippen LogP contribution >= 0.6 is 46.6 Å². The maximum absolute atomic E-state index is 13.2. The molecule has 1 unspecified atom stereocenters. The van der Waals surface area contributed by atoms with Crippen molar-refractivity contribution in [1.82, 2.24) is 10.2 Å². The normalized spacial score (nSPS) is 14.9. The van der Waals surface area contributed by atoms with Gasteiger partial charge in [0, 0.05) is 33.4 Å². The first-order valence-electron chi connectivity index (χ1n) is 10.7. The van der Waals surface area contributed by atoms with Gasteiger partial charge in [0.05, 0.1) is 5.75 Å². The van der Waals surface area contributed by atoms with Crippen LogP contribution in [0, 0.1) is 0 Å². The monoisotopic (exact) mass is 512 g/mol. The maximum atomic E-state index is 13.2. The van der Waals surface area contributed by atoms with Crippen LogP contribution in [0.2, 0.25) is 15.1 Å². The fraction of sp³-hybridized carbons (Fsp3) is 0.417. The van der Waals surface area contributed by atoms with Crippen LogP contribution in [0.1, 0.15) is 43.7 Å². The molecule has 2 aromatic rings. The van der Waals surface area contributed by atoms with Crippen molar-refractivity contribution in [1.29, 1.82) is 0 Å². The molecule has 1 aliphatic rings. The molecule has 0 aromatic heterocycles. The van der Waals surface area contributed by atoms with E-state index in [-0.39, 0.29) is 23.6 Å². The Labute approximate surface area is 209 Å². The van der Waals surface area contributed by atoms with Crippen molar-refractivity contribution in [2.75, 3.05) is 5.75 Å². The molecule has 1 atom stereocenters. The summed E-state index contributed by atoms with van der Waals surface area (Å²) in [6.07, 6.45) is 4.25. The van der Waals surface area contributed by atoms with Gasteiger partial charge in [-0.1, -0.05) is 65.8 Å². The Balaban J connectivity index is 1.68. The van der Waals surface area contributed by atoms with Crippen LogP contribution in [-0.2, 0) is 21.9 Å². The number of hydrogen-bond acceptors (Lipinski definition) is 3. The summed E-state index contributed by atoms with van der Waals surface area (Å²) in [4.78, 5) is 27.7. The second-order valence-electron chi connectivity index (χ2n) is 8.01. The second-order valence-corrected chi connectivity index (χ2v) is 10.2. The molecule has 1 saturated carbocycles. The highest BCUT2D eigenvalue weighted by atomic mass is 35.5. The van der Waals surface area contributed by atoms with Crippen molar-refractivity contribution in [2.24, 2.45) is 0 Å². The largest absolute Gasteiger partial charge is 0.352 e. The van der Waals surface area contributed by atoms with E-state index >= 15 is 0 Å². The minimum Gasteiger partial charge on any atom is -0.352 e. The predicted molar refractivity (Wildman–Crippen MR) is 134 cm³/mol. The van der Waals surface area contributed by atoms with Gasteiger partial charge in [-0.15, -0.1) is 11.8 Å². The SMILES string of the molecule is CC(C(=O)NC1CCCC1)N(Cc1cccc(Cl)c1)C(=O)CSCc1c(Cl)cccc1Cl. The lowest BCUT2D eigenvalue weighted by molar-refractivity contribution is -0.138. The van der Waals surface area contributed by atoms with E-state index < -0.39 is 6.04 Å². The Kier molecular flexibility index (Phi) is 9.60. The van der Waals surface area contributed by atoms with Gasteiger partial charge in [-0.25, -0.2) is 0 Å². The van der Waals surface area contributed by atoms with Gasteiger partial charge < -0.3 is 10.2 Å². The predicted octanol–water partition coefficient (Wildman–Crippen LogP) is 6.36. The highest BCUT2D eigenvalue weighted by Gasteiger charge is 2.28. The van der Waals surface area contributed by atoms with Crippen molar-refractivity contribution in [3.05, 3.63) is 68.7 Å². The molecule has 32 heavy (non-hydrogen) atoms. The van der Waals surface area contributed by atoms with Crippen LogP contribution in [0.3, 0.4) is 0 Å². The molecule has 0 radical (unpaired) electrons. The average Bonchev–Trinajstić information content (AvgIpc) is 3.26. The van der Waals surface area contributed by atoms with Crippen LogP contribution in [0.25, 0.3) is 0 Å². The van der Waals surface area contributed by atoms with Crippen molar-refractivity contribution in [3.8, 4) is 0 Å². The fourth-order valence-electron chi connectivity index (χ4n) is 3.80. The summed E-state index contributed by atoms with van der Waals surface area (Å²) in [6, 6.07) is 12.3. The molecule has 3 rings (SSSR count). The van der Waals surface area contributed by atoms with E-state index in [1.807, 2.05) is 18.2 Å². The first-order chi connectivity index (χ1) is 15.3. The Hall–Kier alpha value is -1.40. The lowest BCUT2D eigenvalue weighted by atomic mass is 10.1. The zero-order valence-corrected chi connectivity index (χ0v) is 21.0. The molecule has 0 spiro atoms. The van der Waals surface area contributed by atoms with Crippen molar-refractivity contribution >= 4 is 58.4 Å². The number of rotatable bonds is 9. The zero-order valence-electron chi connectivity index (χ0n) is 18.0. The molecular formula is C24H27Cl3N2O2S. The van der Waals surface area contributed by atoms with Crippen LogP contribution in [0.4, 0.5) is 0 Å². The number of hydrogen-bond donors (Lipinski definition) is 1. The molecule has 4 nitrogen and oxygen atoms in total. The molecule has 0 saturated heterocycles. The van der Waals surface area contributed by atoms with Crippen molar-refractivity contribution in [2.45, 2.75) is 57.0 Å². The topological polar surface area (TPSA) is 49.4 Å². The minimum atomic E-state index is -0.591. The smallest absolute Gasteiger partial charge is 0.242 e. The van der Waals surface area contributed by atoms with E-state index in [4.69, 9.17) is 34.8 Å². The van der Waals surface area contributed by atoms with Gasteiger partial charge in [0.1, 0.15) is 6.04 Å². The number of benzene rings is 2. The highest BCUT2D eigenvalue weighted by Crippen LogP contribution is 2.28. The number of amides is 2. The standard InChI is InChI=1S/C24H27Cl3N2O2S/c1-16(24(31)28-19-8-2-3-9-19)29(13-17-6-4-7-18(25)12-17)23(30)15-32-14-20-21(26)10-5-11-22(20)27/h4-7,10-12,16,19H,2-3,8-9,13-15H2,1H3,(H,28,31). The summed E-state index contributed by atoms with van der Waals surface area (Å²) in [5, 5.41) is 4.87. The lowest BCUT2D eigenvalue weighted by Crippen LogP contribution is -2.50. The number of carbonyl (C=O) groups excluding carboxylic acids is 2. The molecule has 2 aromatic carbocycles. The van der Waals surface area contributed by atoms with Crippen molar-refractivity contribution in [3.63, 3.8) is 0 Å². The molecule has 0 heterocycles. The van der Waals surface area contributed by atoms with Crippen LogP contribution < -0.4 is 5.32 Å².